The second-order valence-corrected chi connectivity index (χ2v) is 6.85. The summed E-state index contributed by atoms with van der Waals surface area (Å²) in [4.78, 5) is 3.97. The van der Waals surface area contributed by atoms with Gasteiger partial charge in [0.15, 0.2) is 5.03 Å². The Morgan fingerprint density at radius 1 is 1.45 bits per heavy atom. The maximum Gasteiger partial charge on any atom is 0.262 e. The van der Waals surface area contributed by atoms with Crippen LogP contribution in [0, 0.1) is 0 Å². The first kappa shape index (κ1) is 13.3. The third kappa shape index (κ3) is 2.36. The quantitative estimate of drug-likeness (QED) is 0.822. The van der Waals surface area contributed by atoms with Gasteiger partial charge >= 0.3 is 0 Å². The van der Waals surface area contributed by atoms with Crippen LogP contribution in [-0.2, 0) is 23.6 Å². The summed E-state index contributed by atoms with van der Waals surface area (Å²) in [7, 11) is -1.75. The van der Waals surface area contributed by atoms with Crippen molar-refractivity contribution in [3.05, 3.63) is 31.0 Å². The Morgan fingerprint density at radius 2 is 2.30 bits per heavy atom. The van der Waals surface area contributed by atoms with Gasteiger partial charge in [0.05, 0.1) is 12.9 Å². The first-order valence-corrected chi connectivity index (χ1v) is 7.98. The summed E-state index contributed by atoms with van der Waals surface area (Å²) in [6.45, 7) is 1.13. The number of aromatic nitrogens is 4. The zero-order valence-electron chi connectivity index (χ0n) is 11.3. The fourth-order valence-electron chi connectivity index (χ4n) is 2.57. The number of imidazole rings is 1. The minimum absolute atomic E-state index is 0.0538. The van der Waals surface area contributed by atoms with Crippen LogP contribution >= 0.6 is 0 Å². The Kier molecular flexibility index (Phi) is 3.35. The largest absolute Gasteiger partial charge is 0.339 e. The molecule has 20 heavy (non-hydrogen) atoms. The van der Waals surface area contributed by atoms with E-state index >= 15 is 0 Å². The molecule has 0 radical (unpaired) electrons. The highest BCUT2D eigenvalue weighted by molar-refractivity contribution is 7.89. The molecular weight excluding hydrogens is 278 g/mol. The molecule has 2 aromatic heterocycles. The van der Waals surface area contributed by atoms with Gasteiger partial charge in [0.2, 0.25) is 0 Å². The highest BCUT2D eigenvalue weighted by Gasteiger charge is 2.36. The molecule has 108 valence electrons. The summed E-state index contributed by atoms with van der Waals surface area (Å²) < 4.78 is 30.2. The van der Waals surface area contributed by atoms with Gasteiger partial charge in [-0.25, -0.2) is 13.4 Å². The molecule has 0 unspecified atom stereocenters. The predicted molar refractivity (Wildman–Crippen MR) is 72.3 cm³/mol. The smallest absolute Gasteiger partial charge is 0.262 e. The normalized spacial score (nSPS) is 20.6. The van der Waals surface area contributed by atoms with E-state index in [0.29, 0.717) is 13.1 Å². The standard InChI is InChI=1S/C12H17N5O2S/c1-15-9-12(13-10-15)20(18,19)17-7-2-4-11(17)8-16-6-3-5-14-16/h3,5-6,9-11H,2,4,7-8H2,1H3/t11-/m1/s1. The van der Waals surface area contributed by atoms with Crippen molar-refractivity contribution < 1.29 is 8.42 Å². The van der Waals surface area contributed by atoms with Gasteiger partial charge in [-0.2, -0.15) is 9.40 Å². The monoisotopic (exact) mass is 295 g/mol. The highest BCUT2D eigenvalue weighted by atomic mass is 32.2. The highest BCUT2D eigenvalue weighted by Crippen LogP contribution is 2.26. The van der Waals surface area contributed by atoms with E-state index in [4.69, 9.17) is 0 Å². The Balaban J connectivity index is 1.84. The van der Waals surface area contributed by atoms with E-state index in [1.165, 1.54) is 6.33 Å². The van der Waals surface area contributed by atoms with Crippen molar-refractivity contribution in [2.45, 2.75) is 30.5 Å². The molecular formula is C12H17N5O2S. The Morgan fingerprint density at radius 3 is 2.95 bits per heavy atom. The van der Waals surface area contributed by atoms with Crippen molar-refractivity contribution in [3.8, 4) is 0 Å². The SMILES string of the molecule is Cn1cnc(S(=O)(=O)N2CCC[C@@H]2Cn2cccn2)c1. The molecule has 0 aliphatic carbocycles. The molecule has 1 aliphatic rings. The van der Waals surface area contributed by atoms with Crippen LogP contribution in [-0.4, -0.2) is 44.6 Å². The molecule has 3 heterocycles. The summed E-state index contributed by atoms with van der Waals surface area (Å²) >= 11 is 0. The Bertz CT molecular complexity index is 677. The van der Waals surface area contributed by atoms with Gasteiger partial charge in [-0.05, 0) is 18.9 Å². The molecule has 0 bridgehead atoms. The lowest BCUT2D eigenvalue weighted by atomic mass is 10.2. The van der Waals surface area contributed by atoms with E-state index in [9.17, 15) is 8.42 Å². The predicted octanol–water partition coefficient (Wildman–Crippen LogP) is 0.470. The molecule has 3 rings (SSSR count). The van der Waals surface area contributed by atoms with E-state index in [1.54, 1.807) is 33.0 Å². The minimum atomic E-state index is -3.51. The molecule has 0 aromatic carbocycles. The number of hydrogen-bond donors (Lipinski definition) is 0. The van der Waals surface area contributed by atoms with Gasteiger partial charge in [-0.3, -0.25) is 4.68 Å². The number of nitrogens with zero attached hydrogens (tertiary/aromatic N) is 5. The van der Waals surface area contributed by atoms with Crippen LogP contribution in [0.1, 0.15) is 12.8 Å². The molecule has 0 saturated carbocycles. The summed E-state index contributed by atoms with van der Waals surface area (Å²) in [5.74, 6) is 0. The van der Waals surface area contributed by atoms with Crippen LogP contribution in [0.2, 0.25) is 0 Å². The number of hydrogen-bond acceptors (Lipinski definition) is 4. The average molecular weight is 295 g/mol. The van der Waals surface area contributed by atoms with Gasteiger partial charge in [-0.15, -0.1) is 0 Å². The van der Waals surface area contributed by atoms with Crippen LogP contribution in [0.3, 0.4) is 0 Å². The second-order valence-electron chi connectivity index (χ2n) is 5.02. The molecule has 0 N–H and O–H groups in total. The topological polar surface area (TPSA) is 73.0 Å². The molecule has 0 spiro atoms. The number of rotatable bonds is 4. The van der Waals surface area contributed by atoms with Crippen molar-refractivity contribution >= 4 is 10.0 Å². The van der Waals surface area contributed by atoms with E-state index in [2.05, 4.69) is 10.1 Å². The first-order chi connectivity index (χ1) is 9.57. The summed E-state index contributed by atoms with van der Waals surface area (Å²) in [6.07, 6.45) is 8.32. The van der Waals surface area contributed by atoms with Gasteiger partial charge in [0.1, 0.15) is 0 Å². The maximum absolute atomic E-state index is 12.6. The zero-order chi connectivity index (χ0) is 14.2. The van der Waals surface area contributed by atoms with Gasteiger partial charge < -0.3 is 4.57 Å². The van der Waals surface area contributed by atoms with Crippen LogP contribution in [0.25, 0.3) is 0 Å². The summed E-state index contributed by atoms with van der Waals surface area (Å²) in [6, 6.07) is 1.79. The van der Waals surface area contributed by atoms with Crippen molar-refractivity contribution in [2.75, 3.05) is 6.54 Å². The fraction of sp³-hybridized carbons (Fsp3) is 0.500. The van der Waals surface area contributed by atoms with Gasteiger partial charge in [0, 0.05) is 38.2 Å². The third-order valence-electron chi connectivity index (χ3n) is 3.53. The summed E-state index contributed by atoms with van der Waals surface area (Å²) in [5.41, 5.74) is 0. The molecule has 1 aliphatic heterocycles. The first-order valence-electron chi connectivity index (χ1n) is 6.54. The molecule has 1 saturated heterocycles. The molecule has 1 atom stereocenters. The average Bonchev–Trinajstić information content (AvgIpc) is 3.10. The van der Waals surface area contributed by atoms with Crippen molar-refractivity contribution in [1.82, 2.24) is 23.6 Å². The molecule has 8 heteroatoms. The lowest BCUT2D eigenvalue weighted by Crippen LogP contribution is -2.38. The van der Waals surface area contributed by atoms with E-state index < -0.39 is 10.0 Å². The van der Waals surface area contributed by atoms with Crippen molar-refractivity contribution in [2.24, 2.45) is 7.05 Å². The van der Waals surface area contributed by atoms with Gasteiger partial charge in [-0.1, -0.05) is 0 Å². The van der Waals surface area contributed by atoms with E-state index in [-0.39, 0.29) is 11.1 Å². The summed E-state index contributed by atoms with van der Waals surface area (Å²) in [5, 5.41) is 4.27. The lowest BCUT2D eigenvalue weighted by Gasteiger charge is -2.22. The Hall–Kier alpha value is -1.67. The van der Waals surface area contributed by atoms with E-state index in [0.717, 1.165) is 12.8 Å². The molecule has 2 aromatic rings. The maximum atomic E-state index is 12.6. The second kappa shape index (κ2) is 5.02. The van der Waals surface area contributed by atoms with Gasteiger partial charge in [0.25, 0.3) is 10.0 Å². The van der Waals surface area contributed by atoms with Crippen LogP contribution in [0.15, 0.2) is 36.0 Å². The van der Waals surface area contributed by atoms with Crippen molar-refractivity contribution in [1.29, 1.82) is 0 Å². The molecule has 7 nitrogen and oxygen atoms in total. The third-order valence-corrected chi connectivity index (χ3v) is 5.37. The Labute approximate surface area is 117 Å². The molecule has 0 amide bonds. The molecule has 1 fully saturated rings. The number of sulfonamides is 1. The van der Waals surface area contributed by atoms with Crippen LogP contribution in [0.5, 0.6) is 0 Å². The fourth-order valence-corrected chi connectivity index (χ4v) is 4.23. The lowest BCUT2D eigenvalue weighted by molar-refractivity contribution is 0.340. The van der Waals surface area contributed by atoms with Crippen LogP contribution < -0.4 is 0 Å². The van der Waals surface area contributed by atoms with Crippen molar-refractivity contribution in [3.63, 3.8) is 0 Å². The van der Waals surface area contributed by atoms with Crippen LogP contribution in [0.4, 0.5) is 0 Å². The number of aryl methyl sites for hydroxylation is 1. The van der Waals surface area contributed by atoms with E-state index in [1.807, 2.05) is 12.3 Å². The minimum Gasteiger partial charge on any atom is -0.339 e. The zero-order valence-corrected chi connectivity index (χ0v) is 12.1.